The van der Waals surface area contributed by atoms with Crippen molar-refractivity contribution >= 4 is 28.9 Å². The molecule has 1 amide bonds. The molecule has 0 unspecified atom stereocenters. The fourth-order valence-corrected chi connectivity index (χ4v) is 2.70. The number of amides is 1. The van der Waals surface area contributed by atoms with Gasteiger partial charge in [0.2, 0.25) is 5.91 Å². The molecule has 28 heavy (non-hydrogen) atoms. The van der Waals surface area contributed by atoms with Gasteiger partial charge in [0, 0.05) is 23.4 Å². The lowest BCUT2D eigenvalue weighted by Gasteiger charge is -2.08. The molecular formula is C19H15ClN4O4. The fraction of sp³-hybridized carbons (Fsp3) is 0.105. The number of nitrogens with one attached hydrogen (secondary N) is 1. The smallest absolute Gasteiger partial charge is 0.289 e. The van der Waals surface area contributed by atoms with Gasteiger partial charge >= 0.3 is 0 Å². The molecule has 1 aromatic heterocycles. The number of nitro groups is 1. The largest absolute Gasteiger partial charge is 0.324 e. The summed E-state index contributed by atoms with van der Waals surface area (Å²) >= 11 is 5.74. The van der Waals surface area contributed by atoms with Gasteiger partial charge in [0.1, 0.15) is 11.6 Å². The summed E-state index contributed by atoms with van der Waals surface area (Å²) in [7, 11) is 0. The van der Waals surface area contributed by atoms with Crippen LogP contribution in [0.4, 0.5) is 11.4 Å². The molecule has 0 spiro atoms. The summed E-state index contributed by atoms with van der Waals surface area (Å²) in [5.74, 6) is -0.524. The van der Waals surface area contributed by atoms with Gasteiger partial charge in [-0.25, -0.2) is 4.98 Å². The highest BCUT2D eigenvalue weighted by molar-refractivity contribution is 6.32. The summed E-state index contributed by atoms with van der Waals surface area (Å²) < 4.78 is 1.15. The van der Waals surface area contributed by atoms with E-state index in [1.165, 1.54) is 24.5 Å². The van der Waals surface area contributed by atoms with Crippen LogP contribution in [0.3, 0.4) is 0 Å². The number of aromatic nitrogens is 2. The third kappa shape index (κ3) is 4.41. The summed E-state index contributed by atoms with van der Waals surface area (Å²) in [6.45, 7) is 1.68. The summed E-state index contributed by atoms with van der Waals surface area (Å²) in [6, 6.07) is 12.8. The Morgan fingerprint density at radius 3 is 2.57 bits per heavy atom. The summed E-state index contributed by atoms with van der Waals surface area (Å²) in [4.78, 5) is 39.0. The number of nitro benzene ring substituents is 1. The molecule has 1 N–H and O–H groups in total. The van der Waals surface area contributed by atoms with Gasteiger partial charge in [-0.15, -0.1) is 0 Å². The zero-order chi connectivity index (χ0) is 20.3. The Hall–Kier alpha value is -3.52. The average molecular weight is 399 g/mol. The van der Waals surface area contributed by atoms with Crippen LogP contribution in [0, 0.1) is 17.0 Å². The van der Waals surface area contributed by atoms with Crippen LogP contribution < -0.4 is 10.9 Å². The SMILES string of the molecule is Cc1ccc(-c2cc(=O)n(CC(=O)Nc3ccc(Cl)c([N+](=O)[O-])c3)cn2)cc1. The first-order valence-corrected chi connectivity index (χ1v) is 8.58. The Morgan fingerprint density at radius 1 is 1.21 bits per heavy atom. The number of anilines is 1. The Balaban J connectivity index is 1.74. The molecule has 0 aliphatic rings. The first-order chi connectivity index (χ1) is 13.3. The molecule has 9 heteroatoms. The van der Waals surface area contributed by atoms with Crippen molar-refractivity contribution in [3.63, 3.8) is 0 Å². The molecule has 0 aliphatic carbocycles. The maximum absolute atomic E-state index is 12.3. The third-order valence-corrected chi connectivity index (χ3v) is 4.29. The second-order valence-corrected chi connectivity index (χ2v) is 6.48. The molecule has 3 rings (SSSR count). The zero-order valence-corrected chi connectivity index (χ0v) is 15.5. The van der Waals surface area contributed by atoms with Gasteiger partial charge in [-0.2, -0.15) is 0 Å². The predicted molar refractivity (Wildman–Crippen MR) is 105 cm³/mol. The maximum atomic E-state index is 12.3. The molecule has 0 fully saturated rings. The first kappa shape index (κ1) is 19.2. The molecule has 8 nitrogen and oxygen atoms in total. The number of nitrogens with zero attached hydrogens (tertiary/aromatic N) is 3. The Morgan fingerprint density at radius 2 is 1.93 bits per heavy atom. The van der Waals surface area contributed by atoms with Gasteiger partial charge in [-0.3, -0.25) is 24.3 Å². The van der Waals surface area contributed by atoms with E-state index in [-0.39, 0.29) is 28.5 Å². The van der Waals surface area contributed by atoms with E-state index in [1.807, 2.05) is 31.2 Å². The van der Waals surface area contributed by atoms with Gasteiger partial charge in [-0.05, 0) is 19.1 Å². The van der Waals surface area contributed by atoms with Gasteiger partial charge in [0.05, 0.1) is 16.9 Å². The Bertz CT molecular complexity index is 1110. The van der Waals surface area contributed by atoms with E-state index in [2.05, 4.69) is 10.3 Å². The first-order valence-electron chi connectivity index (χ1n) is 8.21. The predicted octanol–water partition coefficient (Wildman–Crippen LogP) is 3.42. The van der Waals surface area contributed by atoms with Crippen LogP contribution in [0.2, 0.25) is 5.02 Å². The van der Waals surface area contributed by atoms with Gasteiger partial charge in [0.25, 0.3) is 11.2 Å². The molecule has 0 radical (unpaired) electrons. The van der Waals surface area contributed by atoms with Gasteiger partial charge < -0.3 is 5.32 Å². The van der Waals surface area contributed by atoms with E-state index in [0.717, 1.165) is 21.8 Å². The van der Waals surface area contributed by atoms with Crippen LogP contribution in [0.5, 0.6) is 0 Å². The lowest BCUT2D eigenvalue weighted by molar-refractivity contribution is -0.384. The molecule has 142 valence electrons. The number of hydrogen-bond donors (Lipinski definition) is 1. The topological polar surface area (TPSA) is 107 Å². The average Bonchev–Trinajstić information content (AvgIpc) is 2.65. The second kappa shape index (κ2) is 8.01. The van der Waals surface area contributed by atoms with Crippen LogP contribution in [0.1, 0.15) is 5.56 Å². The van der Waals surface area contributed by atoms with Crippen LogP contribution in [0.25, 0.3) is 11.3 Å². The van der Waals surface area contributed by atoms with Gasteiger partial charge in [-0.1, -0.05) is 41.4 Å². The number of benzene rings is 2. The molecule has 3 aromatic rings. The van der Waals surface area contributed by atoms with E-state index in [0.29, 0.717) is 5.69 Å². The van der Waals surface area contributed by atoms with Crippen LogP contribution >= 0.6 is 11.6 Å². The Kier molecular flexibility index (Phi) is 5.51. The summed E-state index contributed by atoms with van der Waals surface area (Å²) in [5, 5.41) is 13.4. The van der Waals surface area contributed by atoms with Crippen LogP contribution in [0.15, 0.2) is 59.7 Å². The van der Waals surface area contributed by atoms with Crippen LogP contribution in [-0.4, -0.2) is 20.4 Å². The number of aryl methyl sites for hydroxylation is 1. The minimum absolute atomic E-state index is 0.0323. The number of rotatable bonds is 5. The van der Waals surface area contributed by atoms with E-state index in [4.69, 9.17) is 11.6 Å². The quantitative estimate of drug-likeness (QED) is 0.523. The maximum Gasteiger partial charge on any atom is 0.289 e. The minimum atomic E-state index is -0.643. The van der Waals surface area contributed by atoms with Gasteiger partial charge in [0.15, 0.2) is 0 Å². The lowest BCUT2D eigenvalue weighted by atomic mass is 10.1. The highest BCUT2D eigenvalue weighted by Crippen LogP contribution is 2.27. The van der Waals surface area contributed by atoms with Crippen molar-refractivity contribution in [3.05, 3.63) is 85.9 Å². The molecule has 2 aromatic carbocycles. The van der Waals surface area contributed by atoms with E-state index in [1.54, 1.807) is 0 Å². The monoisotopic (exact) mass is 398 g/mol. The lowest BCUT2D eigenvalue weighted by Crippen LogP contribution is -2.27. The molecule has 0 saturated heterocycles. The van der Waals surface area contributed by atoms with Crippen molar-refractivity contribution in [2.24, 2.45) is 0 Å². The van der Waals surface area contributed by atoms with Crippen LogP contribution in [-0.2, 0) is 11.3 Å². The van der Waals surface area contributed by atoms with Crippen molar-refractivity contribution in [3.8, 4) is 11.3 Å². The zero-order valence-electron chi connectivity index (χ0n) is 14.8. The fourth-order valence-electron chi connectivity index (χ4n) is 2.51. The van der Waals surface area contributed by atoms with E-state index < -0.39 is 10.8 Å². The summed E-state index contributed by atoms with van der Waals surface area (Å²) in [5.41, 5.74) is 1.90. The highest BCUT2D eigenvalue weighted by Gasteiger charge is 2.14. The normalized spacial score (nSPS) is 10.5. The Labute approximate surface area is 164 Å². The molecule has 0 aliphatic heterocycles. The molecular weight excluding hydrogens is 384 g/mol. The molecule has 0 bridgehead atoms. The molecule has 1 heterocycles. The minimum Gasteiger partial charge on any atom is -0.324 e. The molecule has 0 atom stereocenters. The number of halogens is 1. The molecule has 0 saturated carbocycles. The van der Waals surface area contributed by atoms with Crippen molar-refractivity contribution in [2.45, 2.75) is 13.5 Å². The standard InChI is InChI=1S/C19H15ClN4O4/c1-12-2-4-13(5-3-12)16-9-19(26)23(11-21-16)10-18(25)22-14-6-7-15(20)17(8-14)24(27)28/h2-9,11H,10H2,1H3,(H,22,25). The van der Waals surface area contributed by atoms with Crippen molar-refractivity contribution in [1.82, 2.24) is 9.55 Å². The summed E-state index contributed by atoms with van der Waals surface area (Å²) in [6.07, 6.45) is 1.29. The number of hydrogen-bond acceptors (Lipinski definition) is 5. The van der Waals surface area contributed by atoms with E-state index >= 15 is 0 Å². The highest BCUT2D eigenvalue weighted by atomic mass is 35.5. The van der Waals surface area contributed by atoms with Crippen molar-refractivity contribution in [2.75, 3.05) is 5.32 Å². The number of carbonyl (C=O) groups is 1. The second-order valence-electron chi connectivity index (χ2n) is 6.08. The van der Waals surface area contributed by atoms with E-state index in [9.17, 15) is 19.7 Å². The van der Waals surface area contributed by atoms with Crippen molar-refractivity contribution < 1.29 is 9.72 Å². The number of carbonyl (C=O) groups excluding carboxylic acids is 1. The third-order valence-electron chi connectivity index (χ3n) is 3.97. The van der Waals surface area contributed by atoms with Crippen molar-refractivity contribution in [1.29, 1.82) is 0 Å².